The molecule has 0 spiro atoms. The molecular weight excluding hydrogens is 288 g/mol. The summed E-state index contributed by atoms with van der Waals surface area (Å²) in [5, 5.41) is 6.65. The van der Waals surface area contributed by atoms with E-state index in [1.54, 1.807) is 0 Å². The number of carbonyl (C=O) groups is 1. The second-order valence-electron chi connectivity index (χ2n) is 4.60. The number of carbonyl (C=O) groups excluding carboxylic acids is 1. The molecule has 0 bridgehead atoms. The summed E-state index contributed by atoms with van der Waals surface area (Å²) >= 11 is 6.05. The Hall–Kier alpha value is -1.95. The zero-order valence-corrected chi connectivity index (χ0v) is 11.0. The van der Waals surface area contributed by atoms with Crippen LogP contribution in [0.2, 0.25) is 5.15 Å². The van der Waals surface area contributed by atoms with E-state index in [2.05, 4.69) is 10.4 Å². The number of rotatable bonds is 3. The van der Waals surface area contributed by atoms with E-state index in [4.69, 9.17) is 11.6 Å². The molecule has 1 heterocycles. The minimum Gasteiger partial charge on any atom is -0.349 e. The van der Waals surface area contributed by atoms with E-state index in [0.717, 1.165) is 29.7 Å². The molecule has 7 heteroatoms. The minimum absolute atomic E-state index is 0.00587. The highest BCUT2D eigenvalue weighted by atomic mass is 35.5. The molecule has 4 nitrogen and oxygen atoms in total. The Bertz CT molecular complexity index is 682. The summed E-state index contributed by atoms with van der Waals surface area (Å²) in [5.74, 6) is -1.84. The monoisotopic (exact) mass is 297 g/mol. The lowest BCUT2D eigenvalue weighted by molar-refractivity contribution is 0.0951. The van der Waals surface area contributed by atoms with Crippen LogP contribution < -0.4 is 5.32 Å². The third-order valence-electron chi connectivity index (χ3n) is 3.01. The lowest BCUT2D eigenvalue weighted by atomic mass is 10.3. The van der Waals surface area contributed by atoms with Crippen LogP contribution in [0.25, 0.3) is 5.69 Å². The Labute approximate surface area is 118 Å². The zero-order valence-electron chi connectivity index (χ0n) is 10.2. The summed E-state index contributed by atoms with van der Waals surface area (Å²) in [7, 11) is 0. The van der Waals surface area contributed by atoms with E-state index >= 15 is 0 Å². The first-order valence-electron chi connectivity index (χ1n) is 6.06. The summed E-state index contributed by atoms with van der Waals surface area (Å²) in [4.78, 5) is 11.9. The molecule has 0 radical (unpaired) electrons. The van der Waals surface area contributed by atoms with Gasteiger partial charge < -0.3 is 5.32 Å². The second kappa shape index (κ2) is 4.86. The Kier molecular flexibility index (Phi) is 3.17. The Morgan fingerprint density at radius 2 is 2.15 bits per heavy atom. The molecule has 1 aromatic carbocycles. The molecule has 1 N–H and O–H groups in total. The molecule has 0 atom stereocenters. The zero-order chi connectivity index (χ0) is 14.3. The fraction of sp³-hybridized carbons (Fsp3) is 0.231. The van der Waals surface area contributed by atoms with Crippen LogP contribution in [0.3, 0.4) is 0 Å². The minimum atomic E-state index is -0.802. The molecule has 0 saturated heterocycles. The first-order chi connectivity index (χ1) is 9.56. The Morgan fingerprint density at radius 3 is 2.80 bits per heavy atom. The molecule has 1 aromatic heterocycles. The van der Waals surface area contributed by atoms with Gasteiger partial charge in [0.15, 0.2) is 5.82 Å². The highest BCUT2D eigenvalue weighted by Gasteiger charge is 2.26. The fourth-order valence-corrected chi connectivity index (χ4v) is 2.07. The van der Waals surface area contributed by atoms with Crippen molar-refractivity contribution in [1.82, 2.24) is 15.1 Å². The van der Waals surface area contributed by atoms with Crippen molar-refractivity contribution in [2.75, 3.05) is 0 Å². The van der Waals surface area contributed by atoms with Gasteiger partial charge in [-0.15, -0.1) is 0 Å². The number of nitrogens with one attached hydrogen (secondary N) is 1. The predicted octanol–water partition coefficient (Wildman–Crippen LogP) is 2.70. The number of halogens is 3. The summed E-state index contributed by atoms with van der Waals surface area (Å²) in [5.41, 5.74) is 0.157. The first kappa shape index (κ1) is 13.1. The molecule has 1 aliphatic carbocycles. The van der Waals surface area contributed by atoms with Crippen molar-refractivity contribution in [3.05, 3.63) is 46.7 Å². The van der Waals surface area contributed by atoms with Crippen LogP contribution in [0.4, 0.5) is 8.78 Å². The van der Waals surface area contributed by atoms with E-state index in [0.29, 0.717) is 0 Å². The van der Waals surface area contributed by atoms with Crippen LogP contribution in [-0.2, 0) is 0 Å². The summed E-state index contributed by atoms with van der Waals surface area (Å²) in [6.45, 7) is 0. The van der Waals surface area contributed by atoms with Crippen molar-refractivity contribution in [2.24, 2.45) is 0 Å². The average molecular weight is 298 g/mol. The quantitative estimate of drug-likeness (QED) is 0.947. The topological polar surface area (TPSA) is 46.9 Å². The van der Waals surface area contributed by atoms with Gasteiger partial charge in [-0.05, 0) is 25.0 Å². The molecular formula is C13H10ClF2N3O. The van der Waals surface area contributed by atoms with Crippen LogP contribution >= 0.6 is 11.6 Å². The van der Waals surface area contributed by atoms with Crippen molar-refractivity contribution in [3.8, 4) is 5.69 Å². The van der Waals surface area contributed by atoms with Crippen molar-refractivity contribution in [3.63, 3.8) is 0 Å². The Morgan fingerprint density at radius 1 is 1.40 bits per heavy atom. The van der Waals surface area contributed by atoms with Crippen LogP contribution in [0.1, 0.15) is 23.2 Å². The second-order valence-corrected chi connectivity index (χ2v) is 4.96. The normalized spacial score (nSPS) is 14.3. The molecule has 1 aliphatic rings. The smallest absolute Gasteiger partial charge is 0.256 e. The van der Waals surface area contributed by atoms with E-state index in [1.807, 2.05) is 0 Å². The SMILES string of the molecule is O=C(NC1CC1)c1cnn(-c2ccc(F)cc2F)c1Cl. The third kappa shape index (κ3) is 2.38. The number of benzene rings is 1. The number of nitrogens with zero attached hydrogens (tertiary/aromatic N) is 2. The van der Waals surface area contributed by atoms with Crippen molar-refractivity contribution < 1.29 is 13.6 Å². The van der Waals surface area contributed by atoms with Crippen LogP contribution in [0, 0.1) is 11.6 Å². The third-order valence-corrected chi connectivity index (χ3v) is 3.37. The maximum absolute atomic E-state index is 13.7. The molecule has 1 fully saturated rings. The van der Waals surface area contributed by atoms with Crippen LogP contribution in [0.15, 0.2) is 24.4 Å². The van der Waals surface area contributed by atoms with Gasteiger partial charge in [0.2, 0.25) is 0 Å². The van der Waals surface area contributed by atoms with Gasteiger partial charge in [-0.3, -0.25) is 4.79 Å². The molecule has 20 heavy (non-hydrogen) atoms. The van der Waals surface area contributed by atoms with Crippen molar-refractivity contribution in [1.29, 1.82) is 0 Å². The maximum atomic E-state index is 13.7. The van der Waals surface area contributed by atoms with Gasteiger partial charge in [0.05, 0.1) is 11.8 Å². The predicted molar refractivity (Wildman–Crippen MR) is 69.0 cm³/mol. The largest absolute Gasteiger partial charge is 0.349 e. The van der Waals surface area contributed by atoms with Gasteiger partial charge in [0.1, 0.15) is 16.7 Å². The fourth-order valence-electron chi connectivity index (χ4n) is 1.80. The lowest BCUT2D eigenvalue weighted by Crippen LogP contribution is -2.25. The molecule has 2 aromatic rings. The van der Waals surface area contributed by atoms with Gasteiger partial charge in [-0.1, -0.05) is 11.6 Å². The van der Waals surface area contributed by atoms with Gasteiger partial charge in [0.25, 0.3) is 5.91 Å². The number of hydrogen-bond donors (Lipinski definition) is 1. The van der Waals surface area contributed by atoms with E-state index in [1.165, 1.54) is 12.3 Å². The van der Waals surface area contributed by atoms with E-state index in [9.17, 15) is 13.6 Å². The first-order valence-corrected chi connectivity index (χ1v) is 6.44. The number of hydrogen-bond acceptors (Lipinski definition) is 2. The van der Waals surface area contributed by atoms with Gasteiger partial charge in [-0.25, -0.2) is 13.5 Å². The standard InChI is InChI=1S/C13H10ClF2N3O/c14-12-9(13(20)18-8-2-3-8)6-17-19(12)11-4-1-7(15)5-10(11)16/h1,4-6,8H,2-3H2,(H,18,20). The summed E-state index contributed by atoms with van der Waals surface area (Å²) in [6, 6.07) is 3.23. The molecule has 1 amide bonds. The van der Waals surface area contributed by atoms with Crippen LogP contribution in [-0.4, -0.2) is 21.7 Å². The molecule has 1 saturated carbocycles. The van der Waals surface area contributed by atoms with E-state index in [-0.39, 0.29) is 28.4 Å². The van der Waals surface area contributed by atoms with Gasteiger partial charge in [-0.2, -0.15) is 5.10 Å². The maximum Gasteiger partial charge on any atom is 0.256 e. The molecule has 104 valence electrons. The van der Waals surface area contributed by atoms with E-state index < -0.39 is 11.6 Å². The molecule has 3 rings (SSSR count). The summed E-state index contributed by atoms with van der Waals surface area (Å²) in [6.07, 6.45) is 3.16. The summed E-state index contributed by atoms with van der Waals surface area (Å²) < 4.78 is 27.6. The highest BCUT2D eigenvalue weighted by Crippen LogP contribution is 2.24. The average Bonchev–Trinajstić information content (AvgIpc) is 3.12. The lowest BCUT2D eigenvalue weighted by Gasteiger charge is -2.05. The molecule has 0 aliphatic heterocycles. The Balaban J connectivity index is 1.94. The number of amides is 1. The van der Waals surface area contributed by atoms with Crippen LogP contribution in [0.5, 0.6) is 0 Å². The highest BCUT2D eigenvalue weighted by molar-refractivity contribution is 6.33. The molecule has 0 unspecified atom stereocenters. The number of aromatic nitrogens is 2. The van der Waals surface area contributed by atoms with Gasteiger partial charge in [0, 0.05) is 12.1 Å². The van der Waals surface area contributed by atoms with Crippen molar-refractivity contribution in [2.45, 2.75) is 18.9 Å². The van der Waals surface area contributed by atoms with Crippen molar-refractivity contribution >= 4 is 17.5 Å². The van der Waals surface area contributed by atoms with Gasteiger partial charge >= 0.3 is 0 Å².